The summed E-state index contributed by atoms with van der Waals surface area (Å²) in [6.45, 7) is 4.59. The molecule has 0 aliphatic rings. The van der Waals surface area contributed by atoms with Gasteiger partial charge in [-0.2, -0.15) is 0 Å². The summed E-state index contributed by atoms with van der Waals surface area (Å²) < 4.78 is 11.5. The largest absolute Gasteiger partial charge is 0.490 e. The van der Waals surface area contributed by atoms with Crippen molar-refractivity contribution in [3.05, 3.63) is 77.7 Å². The van der Waals surface area contributed by atoms with Gasteiger partial charge in [0.2, 0.25) is 0 Å². The zero-order chi connectivity index (χ0) is 19.1. The van der Waals surface area contributed by atoms with Gasteiger partial charge >= 0.3 is 0 Å². The van der Waals surface area contributed by atoms with Crippen LogP contribution in [0.25, 0.3) is 0 Å². The summed E-state index contributed by atoms with van der Waals surface area (Å²) >= 11 is 0. The Hall–Kier alpha value is -3.41. The second-order valence-electron chi connectivity index (χ2n) is 5.86. The molecular weight excluding hydrogens is 342 g/mol. The van der Waals surface area contributed by atoms with E-state index in [0.717, 1.165) is 11.3 Å². The molecule has 0 spiro atoms. The second kappa shape index (κ2) is 8.80. The fourth-order valence-electron chi connectivity index (χ4n) is 2.48. The highest BCUT2D eigenvalue weighted by molar-refractivity contribution is 6.04. The molecule has 0 aliphatic carbocycles. The third kappa shape index (κ3) is 5.04. The average Bonchev–Trinajstić information content (AvgIpc) is 2.68. The first kappa shape index (κ1) is 18.4. The number of hydrogen-bond donors (Lipinski definition) is 1. The minimum Gasteiger partial charge on any atom is -0.490 e. The first-order valence-corrected chi connectivity index (χ1v) is 8.69. The molecule has 3 aromatic rings. The molecule has 0 aliphatic heterocycles. The number of amides is 1. The molecule has 0 unspecified atom stereocenters. The van der Waals surface area contributed by atoms with Crippen LogP contribution >= 0.6 is 0 Å². The Bertz CT molecular complexity index is 914. The van der Waals surface area contributed by atoms with Gasteiger partial charge in [0.05, 0.1) is 6.61 Å². The van der Waals surface area contributed by atoms with Gasteiger partial charge in [0, 0.05) is 29.2 Å². The van der Waals surface area contributed by atoms with Crippen molar-refractivity contribution in [3.63, 3.8) is 0 Å². The lowest BCUT2D eigenvalue weighted by atomic mass is 10.2. The van der Waals surface area contributed by atoms with Gasteiger partial charge in [-0.1, -0.05) is 12.1 Å². The maximum atomic E-state index is 12.5. The Balaban J connectivity index is 1.75. The fourth-order valence-corrected chi connectivity index (χ4v) is 2.48. The van der Waals surface area contributed by atoms with Crippen LogP contribution in [0.5, 0.6) is 11.5 Å². The normalized spacial score (nSPS) is 10.3. The summed E-state index contributed by atoms with van der Waals surface area (Å²) in [6, 6.07) is 14.4. The number of benzene rings is 1. The molecule has 0 radical (unpaired) electrons. The monoisotopic (exact) mass is 363 g/mol. The maximum Gasteiger partial charge on any atom is 0.256 e. The number of anilines is 1. The Morgan fingerprint density at radius 3 is 2.70 bits per heavy atom. The fraction of sp³-hybridized carbons (Fsp3) is 0.190. The lowest BCUT2D eigenvalue weighted by molar-refractivity contribution is 0.102. The maximum absolute atomic E-state index is 12.5. The number of rotatable bonds is 7. The van der Waals surface area contributed by atoms with Crippen molar-refractivity contribution >= 4 is 11.7 Å². The van der Waals surface area contributed by atoms with Gasteiger partial charge in [-0.25, -0.2) is 4.98 Å². The molecule has 0 bridgehead atoms. The predicted molar refractivity (Wildman–Crippen MR) is 103 cm³/mol. The zero-order valence-electron chi connectivity index (χ0n) is 15.3. The van der Waals surface area contributed by atoms with E-state index < -0.39 is 0 Å². The van der Waals surface area contributed by atoms with Crippen LogP contribution in [0.15, 0.2) is 60.9 Å². The highest BCUT2D eigenvalue weighted by Gasteiger charge is 2.13. The molecular formula is C21H21N3O3. The molecule has 6 heteroatoms. The second-order valence-corrected chi connectivity index (χ2v) is 5.86. The number of nitrogens with zero attached hydrogens (tertiary/aromatic N) is 2. The molecule has 1 amide bonds. The molecule has 1 aromatic carbocycles. The van der Waals surface area contributed by atoms with E-state index in [2.05, 4.69) is 15.3 Å². The predicted octanol–water partition coefficient (Wildman–Crippen LogP) is 4.02. The van der Waals surface area contributed by atoms with Crippen LogP contribution in [0, 0.1) is 6.92 Å². The minimum absolute atomic E-state index is 0.257. The topological polar surface area (TPSA) is 73.3 Å². The Morgan fingerprint density at radius 1 is 1.07 bits per heavy atom. The molecule has 0 saturated carbocycles. The highest BCUT2D eigenvalue weighted by atomic mass is 16.5. The molecule has 2 heterocycles. The van der Waals surface area contributed by atoms with E-state index in [1.54, 1.807) is 36.7 Å². The zero-order valence-corrected chi connectivity index (χ0v) is 15.3. The average molecular weight is 363 g/mol. The van der Waals surface area contributed by atoms with E-state index in [0.29, 0.717) is 36.1 Å². The van der Waals surface area contributed by atoms with E-state index in [1.165, 1.54) is 0 Å². The summed E-state index contributed by atoms with van der Waals surface area (Å²) in [5, 5.41) is 2.79. The molecule has 1 N–H and O–H groups in total. The number of carbonyl (C=O) groups is 1. The van der Waals surface area contributed by atoms with Gasteiger partial charge in [-0.05, 0) is 50.2 Å². The highest BCUT2D eigenvalue weighted by Crippen LogP contribution is 2.29. The first-order chi connectivity index (χ1) is 13.2. The third-order valence-corrected chi connectivity index (χ3v) is 3.75. The molecule has 0 saturated heterocycles. The summed E-state index contributed by atoms with van der Waals surface area (Å²) in [5.74, 6) is 1.35. The van der Waals surface area contributed by atoms with Gasteiger partial charge < -0.3 is 14.8 Å². The van der Waals surface area contributed by atoms with Crippen molar-refractivity contribution in [2.75, 3.05) is 11.9 Å². The van der Waals surface area contributed by atoms with Crippen molar-refractivity contribution < 1.29 is 14.3 Å². The Morgan fingerprint density at radius 2 is 1.96 bits per heavy atom. The smallest absolute Gasteiger partial charge is 0.256 e. The number of hydrogen-bond acceptors (Lipinski definition) is 5. The van der Waals surface area contributed by atoms with Crippen LogP contribution < -0.4 is 14.8 Å². The third-order valence-electron chi connectivity index (χ3n) is 3.75. The van der Waals surface area contributed by atoms with Crippen molar-refractivity contribution in [2.24, 2.45) is 0 Å². The van der Waals surface area contributed by atoms with Crippen LogP contribution in [0.2, 0.25) is 0 Å². The summed E-state index contributed by atoms with van der Waals surface area (Å²) in [5.41, 5.74) is 2.25. The standard InChI is InChI=1S/C21H21N3O3/c1-3-26-19-12-17(21(25)24-20-8-4-6-15(2)23-20)9-10-18(19)27-14-16-7-5-11-22-13-16/h4-13H,3,14H2,1-2H3,(H,23,24,25). The molecule has 2 aromatic heterocycles. The van der Waals surface area contributed by atoms with Crippen molar-refractivity contribution in [1.29, 1.82) is 0 Å². The van der Waals surface area contributed by atoms with Crippen LogP contribution in [-0.2, 0) is 6.61 Å². The minimum atomic E-state index is -0.257. The van der Waals surface area contributed by atoms with Gasteiger partial charge in [0.1, 0.15) is 12.4 Å². The molecule has 138 valence electrons. The van der Waals surface area contributed by atoms with Gasteiger partial charge in [-0.15, -0.1) is 0 Å². The van der Waals surface area contributed by atoms with Crippen LogP contribution in [-0.4, -0.2) is 22.5 Å². The van der Waals surface area contributed by atoms with Gasteiger partial charge in [-0.3, -0.25) is 9.78 Å². The number of nitrogens with one attached hydrogen (secondary N) is 1. The first-order valence-electron chi connectivity index (χ1n) is 8.69. The summed E-state index contributed by atoms with van der Waals surface area (Å²) in [6.07, 6.45) is 3.46. The number of aromatic nitrogens is 2. The summed E-state index contributed by atoms with van der Waals surface area (Å²) in [4.78, 5) is 20.9. The lowest BCUT2D eigenvalue weighted by Crippen LogP contribution is -2.13. The van der Waals surface area contributed by atoms with E-state index in [1.807, 2.05) is 38.1 Å². The lowest BCUT2D eigenvalue weighted by Gasteiger charge is -2.13. The van der Waals surface area contributed by atoms with E-state index in [-0.39, 0.29) is 5.91 Å². The van der Waals surface area contributed by atoms with Crippen LogP contribution in [0.1, 0.15) is 28.5 Å². The molecule has 0 fully saturated rings. The molecule has 6 nitrogen and oxygen atoms in total. The van der Waals surface area contributed by atoms with E-state index in [9.17, 15) is 4.79 Å². The van der Waals surface area contributed by atoms with Crippen LogP contribution in [0.3, 0.4) is 0 Å². The SMILES string of the molecule is CCOc1cc(C(=O)Nc2cccc(C)n2)ccc1OCc1cccnc1. The molecule has 27 heavy (non-hydrogen) atoms. The van der Waals surface area contributed by atoms with Gasteiger partial charge in [0.15, 0.2) is 11.5 Å². The number of ether oxygens (including phenoxy) is 2. The summed E-state index contributed by atoms with van der Waals surface area (Å²) in [7, 11) is 0. The number of carbonyl (C=O) groups excluding carboxylic acids is 1. The number of pyridine rings is 2. The van der Waals surface area contributed by atoms with Crippen molar-refractivity contribution in [1.82, 2.24) is 9.97 Å². The van der Waals surface area contributed by atoms with Crippen LogP contribution in [0.4, 0.5) is 5.82 Å². The quantitative estimate of drug-likeness (QED) is 0.686. The Labute approximate surface area is 158 Å². The van der Waals surface area contributed by atoms with E-state index in [4.69, 9.17) is 9.47 Å². The molecule has 0 atom stereocenters. The van der Waals surface area contributed by atoms with Crippen molar-refractivity contribution in [3.8, 4) is 11.5 Å². The molecule has 3 rings (SSSR count). The van der Waals surface area contributed by atoms with Crippen molar-refractivity contribution in [2.45, 2.75) is 20.5 Å². The Kier molecular flexibility index (Phi) is 5.99. The van der Waals surface area contributed by atoms with Gasteiger partial charge in [0.25, 0.3) is 5.91 Å². The number of aryl methyl sites for hydroxylation is 1. The van der Waals surface area contributed by atoms with E-state index >= 15 is 0 Å².